The number of carbonyl (C=O) groups excluding carboxylic acids is 1. The maximum Gasteiger partial charge on any atom is 0.416 e. The summed E-state index contributed by atoms with van der Waals surface area (Å²) in [6.45, 7) is 0. The Morgan fingerprint density at radius 1 is 1.14 bits per heavy atom. The molecule has 2 aromatic heterocycles. The number of halogens is 3. The Bertz CT molecular complexity index is 807. The number of hydrogen-bond acceptors (Lipinski definition) is 2. The molecule has 1 aromatic carbocycles. The van der Waals surface area contributed by atoms with Gasteiger partial charge in [-0.25, -0.2) is 0 Å². The third kappa shape index (κ3) is 2.29. The van der Waals surface area contributed by atoms with Crippen molar-refractivity contribution in [2.75, 3.05) is 0 Å². The highest BCUT2D eigenvalue weighted by molar-refractivity contribution is 6.04. The van der Waals surface area contributed by atoms with Crippen LogP contribution < -0.4 is 0 Å². The number of benzene rings is 1. The lowest BCUT2D eigenvalue weighted by Crippen LogP contribution is -2.04. The van der Waals surface area contributed by atoms with E-state index < -0.39 is 11.7 Å². The molecule has 3 aromatic rings. The number of aldehydes is 1. The Morgan fingerprint density at radius 2 is 1.95 bits per heavy atom. The Labute approximate surface area is 117 Å². The minimum absolute atomic E-state index is 0.176. The molecule has 0 saturated heterocycles. The van der Waals surface area contributed by atoms with Crippen LogP contribution in [0.2, 0.25) is 0 Å². The highest BCUT2D eigenvalue weighted by Gasteiger charge is 2.31. The molecule has 0 unspecified atom stereocenters. The molecule has 2 heterocycles. The van der Waals surface area contributed by atoms with Crippen molar-refractivity contribution in [3.05, 3.63) is 53.7 Å². The lowest BCUT2D eigenvalue weighted by Gasteiger charge is -2.05. The zero-order valence-electron chi connectivity index (χ0n) is 10.6. The number of aromatic amines is 1. The first-order valence-electron chi connectivity index (χ1n) is 6.10. The molecule has 0 aliphatic carbocycles. The van der Waals surface area contributed by atoms with Crippen LogP contribution in [0.15, 0.2) is 42.6 Å². The third-order valence-electron chi connectivity index (χ3n) is 3.20. The number of aromatic nitrogens is 2. The van der Waals surface area contributed by atoms with Gasteiger partial charge in [0, 0.05) is 22.7 Å². The van der Waals surface area contributed by atoms with Gasteiger partial charge in [-0.1, -0.05) is 6.07 Å². The summed E-state index contributed by atoms with van der Waals surface area (Å²) in [5, 5.41) is 0.237. The van der Waals surface area contributed by atoms with Crippen LogP contribution in [0.5, 0.6) is 0 Å². The fraction of sp³-hybridized carbons (Fsp3) is 0.0667. The molecular weight excluding hydrogens is 281 g/mol. The van der Waals surface area contributed by atoms with Crippen LogP contribution in [0.1, 0.15) is 15.9 Å². The van der Waals surface area contributed by atoms with E-state index in [2.05, 4.69) is 9.97 Å². The first kappa shape index (κ1) is 13.4. The van der Waals surface area contributed by atoms with E-state index in [1.54, 1.807) is 24.4 Å². The van der Waals surface area contributed by atoms with Crippen molar-refractivity contribution < 1.29 is 18.0 Å². The second kappa shape index (κ2) is 4.73. The number of alkyl halides is 3. The maximum absolute atomic E-state index is 12.8. The van der Waals surface area contributed by atoms with E-state index in [1.807, 2.05) is 0 Å². The van der Waals surface area contributed by atoms with Crippen LogP contribution in [-0.2, 0) is 6.18 Å². The molecule has 106 valence electrons. The van der Waals surface area contributed by atoms with Gasteiger partial charge in [0.15, 0.2) is 6.29 Å². The Kier molecular flexibility index (Phi) is 3.01. The molecule has 0 saturated carbocycles. The van der Waals surface area contributed by atoms with E-state index in [0.717, 1.165) is 12.1 Å². The van der Waals surface area contributed by atoms with Crippen molar-refractivity contribution in [3.63, 3.8) is 0 Å². The number of hydrogen-bond donors (Lipinski definition) is 1. The van der Waals surface area contributed by atoms with Crippen molar-refractivity contribution >= 4 is 17.2 Å². The van der Waals surface area contributed by atoms with Crippen molar-refractivity contribution in [2.45, 2.75) is 6.18 Å². The minimum Gasteiger partial charge on any atom is -0.353 e. The second-order valence-electron chi connectivity index (χ2n) is 4.50. The minimum atomic E-state index is -4.45. The predicted octanol–water partition coefficient (Wildman–Crippen LogP) is 4.06. The molecule has 0 spiro atoms. The molecule has 3 nitrogen and oxygen atoms in total. The average Bonchev–Trinajstić information content (AvgIpc) is 2.84. The summed E-state index contributed by atoms with van der Waals surface area (Å²) < 4.78 is 38.3. The van der Waals surface area contributed by atoms with Gasteiger partial charge in [-0.05, 0) is 30.3 Å². The summed E-state index contributed by atoms with van der Waals surface area (Å²) >= 11 is 0. The van der Waals surface area contributed by atoms with Crippen molar-refractivity contribution in [1.29, 1.82) is 0 Å². The number of nitrogens with zero attached hydrogens (tertiary/aromatic N) is 1. The summed E-state index contributed by atoms with van der Waals surface area (Å²) in [7, 11) is 0. The number of carbonyl (C=O) groups is 1. The molecule has 0 aliphatic heterocycles. The Hall–Kier alpha value is -2.63. The van der Waals surface area contributed by atoms with E-state index in [4.69, 9.17) is 0 Å². The fourth-order valence-electron chi connectivity index (χ4n) is 2.22. The summed E-state index contributed by atoms with van der Waals surface area (Å²) in [5.41, 5.74) is 0.773. The molecule has 0 atom stereocenters. The number of fused-ring (bicyclic) bond motifs is 1. The number of nitrogens with one attached hydrogen (secondary N) is 1. The van der Waals surface area contributed by atoms with Gasteiger partial charge in [0.1, 0.15) is 0 Å². The average molecular weight is 290 g/mol. The number of rotatable bonds is 2. The van der Waals surface area contributed by atoms with E-state index in [0.29, 0.717) is 23.2 Å². The fourth-order valence-corrected chi connectivity index (χ4v) is 2.22. The molecule has 1 N–H and O–H groups in total. The maximum atomic E-state index is 12.8. The smallest absolute Gasteiger partial charge is 0.353 e. The highest BCUT2D eigenvalue weighted by Crippen LogP contribution is 2.34. The van der Waals surface area contributed by atoms with Crippen LogP contribution >= 0.6 is 0 Å². The van der Waals surface area contributed by atoms with Crippen LogP contribution in [-0.4, -0.2) is 16.3 Å². The summed E-state index contributed by atoms with van der Waals surface area (Å²) in [6.07, 6.45) is -2.35. The predicted molar refractivity (Wildman–Crippen MR) is 71.9 cm³/mol. The molecule has 0 amide bonds. The molecule has 6 heteroatoms. The molecular formula is C15H9F3N2O. The summed E-state index contributed by atoms with van der Waals surface area (Å²) in [4.78, 5) is 18.4. The topological polar surface area (TPSA) is 45.8 Å². The largest absolute Gasteiger partial charge is 0.416 e. The lowest BCUT2D eigenvalue weighted by molar-refractivity contribution is -0.137. The van der Waals surface area contributed by atoms with Crippen LogP contribution in [0, 0.1) is 0 Å². The first-order valence-corrected chi connectivity index (χ1v) is 6.10. The second-order valence-corrected chi connectivity index (χ2v) is 4.50. The molecule has 0 bridgehead atoms. The Morgan fingerprint density at radius 3 is 2.57 bits per heavy atom. The van der Waals surface area contributed by atoms with E-state index >= 15 is 0 Å². The van der Waals surface area contributed by atoms with Crippen LogP contribution in [0.25, 0.3) is 22.3 Å². The Balaban J connectivity index is 2.27. The third-order valence-corrected chi connectivity index (χ3v) is 3.20. The van der Waals surface area contributed by atoms with E-state index in [-0.39, 0.29) is 10.9 Å². The monoisotopic (exact) mass is 290 g/mol. The molecule has 0 radical (unpaired) electrons. The normalized spacial score (nSPS) is 11.8. The first-order chi connectivity index (χ1) is 10.0. The van der Waals surface area contributed by atoms with Gasteiger partial charge in [0.2, 0.25) is 0 Å². The SMILES string of the molecule is O=Cc1c(-c2ccccn2)[nH]c2ccc(C(F)(F)F)cc12. The number of H-pyrrole nitrogens is 1. The van der Waals surface area contributed by atoms with Gasteiger partial charge in [0.25, 0.3) is 0 Å². The van der Waals surface area contributed by atoms with Gasteiger partial charge in [-0.2, -0.15) is 13.2 Å². The van der Waals surface area contributed by atoms with Crippen LogP contribution in [0.3, 0.4) is 0 Å². The summed E-state index contributed by atoms with van der Waals surface area (Å²) in [6, 6.07) is 8.41. The molecule has 3 rings (SSSR count). The number of pyridine rings is 1. The quantitative estimate of drug-likeness (QED) is 0.723. The van der Waals surface area contributed by atoms with E-state index in [1.165, 1.54) is 6.07 Å². The highest BCUT2D eigenvalue weighted by atomic mass is 19.4. The lowest BCUT2D eigenvalue weighted by atomic mass is 10.1. The van der Waals surface area contributed by atoms with Gasteiger partial charge in [-0.15, -0.1) is 0 Å². The van der Waals surface area contributed by atoms with Gasteiger partial charge in [0.05, 0.1) is 17.0 Å². The molecule has 0 aliphatic rings. The molecule has 0 fully saturated rings. The zero-order valence-corrected chi connectivity index (χ0v) is 10.6. The summed E-state index contributed by atoms with van der Waals surface area (Å²) in [5.74, 6) is 0. The standard InChI is InChI=1S/C15H9F3N2O/c16-15(17,18)9-4-5-12-10(7-9)11(8-21)14(20-12)13-3-1-2-6-19-13/h1-8,20H. The van der Waals surface area contributed by atoms with Crippen molar-refractivity contribution in [3.8, 4) is 11.4 Å². The van der Waals surface area contributed by atoms with Gasteiger partial charge < -0.3 is 4.98 Å². The van der Waals surface area contributed by atoms with Crippen molar-refractivity contribution in [1.82, 2.24) is 9.97 Å². The molecule has 21 heavy (non-hydrogen) atoms. The van der Waals surface area contributed by atoms with Crippen LogP contribution in [0.4, 0.5) is 13.2 Å². The van der Waals surface area contributed by atoms with Gasteiger partial charge in [-0.3, -0.25) is 9.78 Å². The van der Waals surface area contributed by atoms with Crippen molar-refractivity contribution in [2.24, 2.45) is 0 Å². The zero-order chi connectivity index (χ0) is 15.0. The van der Waals surface area contributed by atoms with Gasteiger partial charge >= 0.3 is 6.18 Å². The van der Waals surface area contributed by atoms with E-state index in [9.17, 15) is 18.0 Å².